The van der Waals surface area contributed by atoms with E-state index in [-0.39, 0.29) is 18.2 Å². The van der Waals surface area contributed by atoms with Crippen molar-refractivity contribution in [2.75, 3.05) is 6.54 Å². The molecule has 0 bridgehead atoms. The average Bonchev–Trinajstić information content (AvgIpc) is 2.26. The van der Waals surface area contributed by atoms with Gasteiger partial charge in [0.2, 0.25) is 5.91 Å². The summed E-state index contributed by atoms with van der Waals surface area (Å²) in [6, 6.07) is 1.12. The van der Waals surface area contributed by atoms with Crippen molar-refractivity contribution in [2.24, 2.45) is 0 Å². The fourth-order valence-electron chi connectivity index (χ4n) is 1.57. The maximum absolute atomic E-state index is 12.6. The van der Waals surface area contributed by atoms with Crippen LogP contribution in [-0.4, -0.2) is 12.5 Å². The van der Waals surface area contributed by atoms with Crippen molar-refractivity contribution >= 4 is 5.91 Å². The third-order valence-electron chi connectivity index (χ3n) is 2.39. The van der Waals surface area contributed by atoms with Crippen LogP contribution in [0.1, 0.15) is 23.6 Å². The Morgan fingerprint density at radius 1 is 1.00 bits per heavy atom. The van der Waals surface area contributed by atoms with Crippen molar-refractivity contribution in [1.82, 2.24) is 5.32 Å². The molecule has 0 fully saturated rings. The van der Waals surface area contributed by atoms with Gasteiger partial charge in [0, 0.05) is 6.54 Å². The number of amides is 1. The minimum Gasteiger partial charge on any atom is -0.356 e. The van der Waals surface area contributed by atoms with Crippen molar-refractivity contribution in [3.05, 3.63) is 34.9 Å². The third-order valence-corrected chi connectivity index (χ3v) is 2.39. The minimum absolute atomic E-state index is 0.0290. The molecule has 112 valence electrons. The van der Waals surface area contributed by atoms with Gasteiger partial charge in [-0.05, 0) is 30.7 Å². The summed E-state index contributed by atoms with van der Waals surface area (Å²) in [6.45, 7) is 1.83. The molecule has 0 aromatic heterocycles. The van der Waals surface area contributed by atoms with E-state index in [4.69, 9.17) is 0 Å². The number of benzene rings is 1. The SMILES string of the molecule is CCNC(=O)Cc1cc(C(F)(F)F)cc(C(F)(F)F)c1. The monoisotopic (exact) mass is 299 g/mol. The van der Waals surface area contributed by atoms with Crippen LogP contribution in [0.15, 0.2) is 18.2 Å². The van der Waals surface area contributed by atoms with E-state index in [0.717, 1.165) is 0 Å². The van der Waals surface area contributed by atoms with Gasteiger partial charge in [-0.25, -0.2) is 0 Å². The lowest BCUT2D eigenvalue weighted by molar-refractivity contribution is -0.143. The van der Waals surface area contributed by atoms with Gasteiger partial charge in [0.1, 0.15) is 0 Å². The smallest absolute Gasteiger partial charge is 0.356 e. The number of likely N-dealkylation sites (N-methyl/N-ethyl adjacent to an activating group) is 1. The Labute approximate surface area is 110 Å². The van der Waals surface area contributed by atoms with E-state index in [1.54, 1.807) is 6.92 Å². The van der Waals surface area contributed by atoms with Crippen LogP contribution < -0.4 is 5.32 Å². The Kier molecular flexibility index (Phi) is 4.67. The lowest BCUT2D eigenvalue weighted by Crippen LogP contribution is -2.25. The van der Waals surface area contributed by atoms with Crippen molar-refractivity contribution in [1.29, 1.82) is 0 Å². The molecular weight excluding hydrogens is 288 g/mol. The van der Waals surface area contributed by atoms with Gasteiger partial charge in [0.05, 0.1) is 17.5 Å². The highest BCUT2D eigenvalue weighted by Crippen LogP contribution is 2.36. The molecule has 0 aliphatic carbocycles. The maximum Gasteiger partial charge on any atom is 0.416 e. The molecule has 0 heterocycles. The second kappa shape index (κ2) is 5.72. The first-order valence-electron chi connectivity index (χ1n) is 5.59. The van der Waals surface area contributed by atoms with E-state index in [2.05, 4.69) is 5.32 Å². The van der Waals surface area contributed by atoms with Crippen LogP contribution in [0.25, 0.3) is 0 Å². The summed E-state index contributed by atoms with van der Waals surface area (Å²) in [4.78, 5) is 11.3. The molecule has 0 unspecified atom stereocenters. The minimum atomic E-state index is -4.91. The number of hydrogen-bond acceptors (Lipinski definition) is 1. The molecule has 0 atom stereocenters. The zero-order valence-corrected chi connectivity index (χ0v) is 10.3. The summed E-state index contributed by atoms with van der Waals surface area (Å²) < 4.78 is 75.3. The number of hydrogen-bond donors (Lipinski definition) is 1. The molecule has 1 amide bonds. The summed E-state index contributed by atoms with van der Waals surface area (Å²) in [5.41, 5.74) is -3.18. The number of alkyl halides is 6. The standard InChI is InChI=1S/C12H11F6NO/c1-2-19-10(20)5-7-3-8(11(13,14)15)6-9(4-7)12(16,17)18/h3-4,6H,2,5H2,1H3,(H,19,20). The van der Waals surface area contributed by atoms with Gasteiger partial charge in [-0.3, -0.25) is 4.79 Å². The number of halogens is 6. The second-order valence-corrected chi connectivity index (χ2v) is 4.04. The van der Waals surface area contributed by atoms with Gasteiger partial charge in [0.15, 0.2) is 0 Å². The normalized spacial score (nSPS) is 12.3. The lowest BCUT2D eigenvalue weighted by Gasteiger charge is -2.14. The molecule has 0 saturated carbocycles. The van der Waals surface area contributed by atoms with Crippen LogP contribution in [0.5, 0.6) is 0 Å². The van der Waals surface area contributed by atoms with Gasteiger partial charge in [-0.2, -0.15) is 26.3 Å². The first-order valence-corrected chi connectivity index (χ1v) is 5.59. The van der Waals surface area contributed by atoms with E-state index in [1.165, 1.54) is 0 Å². The Hall–Kier alpha value is -1.73. The van der Waals surface area contributed by atoms with E-state index in [9.17, 15) is 31.1 Å². The number of carbonyl (C=O) groups is 1. The number of carbonyl (C=O) groups excluding carboxylic acids is 1. The van der Waals surface area contributed by atoms with Gasteiger partial charge in [-0.15, -0.1) is 0 Å². The molecular formula is C12H11F6NO. The Balaban J connectivity index is 3.21. The summed E-state index contributed by atoms with van der Waals surface area (Å²) in [7, 11) is 0. The Bertz CT molecular complexity index is 459. The number of rotatable bonds is 3. The Morgan fingerprint density at radius 2 is 1.45 bits per heavy atom. The summed E-state index contributed by atoms with van der Waals surface area (Å²) in [6.07, 6.45) is -10.4. The molecule has 0 aliphatic heterocycles. The molecule has 1 aromatic carbocycles. The molecule has 0 aliphatic rings. The van der Waals surface area contributed by atoms with Gasteiger partial charge in [0.25, 0.3) is 0 Å². The largest absolute Gasteiger partial charge is 0.416 e. The molecule has 20 heavy (non-hydrogen) atoms. The molecule has 2 nitrogen and oxygen atoms in total. The zero-order valence-electron chi connectivity index (χ0n) is 10.3. The van der Waals surface area contributed by atoms with Crippen molar-refractivity contribution in [3.8, 4) is 0 Å². The fourth-order valence-corrected chi connectivity index (χ4v) is 1.57. The van der Waals surface area contributed by atoms with Crippen molar-refractivity contribution in [2.45, 2.75) is 25.7 Å². The molecule has 0 saturated heterocycles. The maximum atomic E-state index is 12.6. The topological polar surface area (TPSA) is 29.1 Å². The fraction of sp³-hybridized carbons (Fsp3) is 0.417. The van der Waals surface area contributed by atoms with Crippen LogP contribution in [0.2, 0.25) is 0 Å². The van der Waals surface area contributed by atoms with Crippen molar-refractivity contribution < 1.29 is 31.1 Å². The first kappa shape index (κ1) is 16.3. The van der Waals surface area contributed by atoms with Crippen LogP contribution in [0.3, 0.4) is 0 Å². The van der Waals surface area contributed by atoms with Gasteiger partial charge >= 0.3 is 12.4 Å². The first-order chi connectivity index (χ1) is 9.04. The van der Waals surface area contributed by atoms with Crippen molar-refractivity contribution in [3.63, 3.8) is 0 Å². The average molecular weight is 299 g/mol. The molecule has 0 radical (unpaired) electrons. The van der Waals surface area contributed by atoms with E-state index in [0.29, 0.717) is 12.1 Å². The summed E-state index contributed by atoms with van der Waals surface area (Å²) in [5.74, 6) is -0.639. The predicted molar refractivity (Wildman–Crippen MR) is 58.8 cm³/mol. The van der Waals surface area contributed by atoms with Crippen LogP contribution >= 0.6 is 0 Å². The lowest BCUT2D eigenvalue weighted by atomic mass is 10.0. The van der Waals surface area contributed by atoms with Crippen LogP contribution in [0.4, 0.5) is 26.3 Å². The summed E-state index contributed by atoms with van der Waals surface area (Å²) >= 11 is 0. The zero-order chi connectivity index (χ0) is 15.6. The summed E-state index contributed by atoms with van der Waals surface area (Å²) in [5, 5.41) is 2.31. The highest BCUT2D eigenvalue weighted by atomic mass is 19.4. The van der Waals surface area contributed by atoms with Crippen LogP contribution in [0, 0.1) is 0 Å². The molecule has 0 spiro atoms. The molecule has 1 aromatic rings. The van der Waals surface area contributed by atoms with Crippen LogP contribution in [-0.2, 0) is 23.6 Å². The van der Waals surface area contributed by atoms with E-state index < -0.39 is 35.8 Å². The van der Waals surface area contributed by atoms with Gasteiger partial charge < -0.3 is 5.32 Å². The quantitative estimate of drug-likeness (QED) is 0.852. The molecule has 1 rings (SSSR count). The third kappa shape index (κ3) is 4.43. The second-order valence-electron chi connectivity index (χ2n) is 4.04. The van der Waals surface area contributed by atoms with Gasteiger partial charge in [-0.1, -0.05) is 0 Å². The highest BCUT2D eigenvalue weighted by Gasteiger charge is 2.36. The highest BCUT2D eigenvalue weighted by molar-refractivity contribution is 5.78. The molecule has 8 heteroatoms. The number of nitrogens with one attached hydrogen (secondary N) is 1. The van der Waals surface area contributed by atoms with E-state index >= 15 is 0 Å². The molecule has 1 N–H and O–H groups in total. The van der Waals surface area contributed by atoms with E-state index in [1.807, 2.05) is 0 Å². The Morgan fingerprint density at radius 3 is 1.80 bits per heavy atom. The predicted octanol–water partition coefficient (Wildman–Crippen LogP) is 3.40.